The average Bonchev–Trinajstić information content (AvgIpc) is 2.25. The molecule has 2 unspecified atom stereocenters. The van der Waals surface area contributed by atoms with Crippen molar-refractivity contribution in [1.29, 1.82) is 0 Å². The Bertz CT molecular complexity index is 344. The molecule has 1 aromatic carbocycles. The van der Waals surface area contributed by atoms with Crippen molar-refractivity contribution in [3.05, 3.63) is 35.6 Å². The Labute approximate surface area is 102 Å². The van der Waals surface area contributed by atoms with E-state index in [4.69, 9.17) is 0 Å². The summed E-state index contributed by atoms with van der Waals surface area (Å²) in [6, 6.07) is 6.59. The van der Waals surface area contributed by atoms with Crippen molar-refractivity contribution in [2.45, 2.75) is 19.1 Å². The molecule has 0 amide bonds. The highest BCUT2D eigenvalue weighted by molar-refractivity contribution is 5.20. The Morgan fingerprint density at radius 1 is 1.35 bits per heavy atom. The molecule has 2 N–H and O–H groups in total. The van der Waals surface area contributed by atoms with Crippen LogP contribution in [0.1, 0.15) is 18.5 Å². The molecule has 17 heavy (non-hydrogen) atoms. The number of hydrogen-bond donors (Lipinski definition) is 2. The molecule has 0 saturated heterocycles. The number of benzene rings is 1. The second-order valence-corrected chi connectivity index (χ2v) is 4.57. The minimum atomic E-state index is -0.445. The lowest BCUT2D eigenvalue weighted by Gasteiger charge is -2.20. The van der Waals surface area contributed by atoms with E-state index < -0.39 is 6.10 Å². The highest BCUT2D eigenvalue weighted by atomic mass is 19.1. The van der Waals surface area contributed by atoms with Crippen LogP contribution in [0.25, 0.3) is 0 Å². The molecular formula is C13H21FN2O. The fourth-order valence-electron chi connectivity index (χ4n) is 1.74. The summed E-state index contributed by atoms with van der Waals surface area (Å²) in [5.41, 5.74) is 0.629. The van der Waals surface area contributed by atoms with Crippen molar-refractivity contribution in [3.8, 4) is 0 Å². The van der Waals surface area contributed by atoms with Gasteiger partial charge in [-0.15, -0.1) is 0 Å². The minimum Gasteiger partial charge on any atom is -0.390 e. The highest BCUT2D eigenvalue weighted by Crippen LogP contribution is 2.15. The number of rotatable bonds is 6. The Kier molecular flexibility index (Phi) is 5.55. The highest BCUT2D eigenvalue weighted by Gasteiger charge is 2.12. The third-order valence-electron chi connectivity index (χ3n) is 2.61. The molecule has 0 radical (unpaired) electrons. The van der Waals surface area contributed by atoms with E-state index in [9.17, 15) is 9.50 Å². The van der Waals surface area contributed by atoms with Crippen molar-refractivity contribution < 1.29 is 9.50 Å². The topological polar surface area (TPSA) is 35.5 Å². The SMILES string of the molecule is CC(NCC(O)CN(C)C)c1ccccc1F. The molecule has 0 heterocycles. The van der Waals surface area contributed by atoms with Gasteiger partial charge in [-0.25, -0.2) is 4.39 Å². The second-order valence-electron chi connectivity index (χ2n) is 4.57. The first-order chi connectivity index (χ1) is 8.00. The number of aliphatic hydroxyl groups is 1. The quantitative estimate of drug-likeness (QED) is 0.789. The van der Waals surface area contributed by atoms with Crippen molar-refractivity contribution in [1.82, 2.24) is 10.2 Å². The van der Waals surface area contributed by atoms with E-state index in [2.05, 4.69) is 5.32 Å². The third-order valence-corrected chi connectivity index (χ3v) is 2.61. The zero-order chi connectivity index (χ0) is 12.8. The molecule has 0 saturated carbocycles. The van der Waals surface area contributed by atoms with Crippen LogP contribution in [-0.4, -0.2) is 43.3 Å². The summed E-state index contributed by atoms with van der Waals surface area (Å²) in [6.45, 7) is 2.94. The molecule has 1 aromatic rings. The maximum Gasteiger partial charge on any atom is 0.127 e. The first-order valence-electron chi connectivity index (χ1n) is 5.81. The first-order valence-corrected chi connectivity index (χ1v) is 5.81. The van der Waals surface area contributed by atoms with Gasteiger partial charge >= 0.3 is 0 Å². The first kappa shape index (κ1) is 14.1. The zero-order valence-electron chi connectivity index (χ0n) is 10.7. The average molecular weight is 240 g/mol. The summed E-state index contributed by atoms with van der Waals surface area (Å²) in [6.07, 6.45) is -0.445. The second kappa shape index (κ2) is 6.69. The van der Waals surface area contributed by atoms with Gasteiger partial charge in [0.2, 0.25) is 0 Å². The summed E-state index contributed by atoms with van der Waals surface area (Å²) >= 11 is 0. The van der Waals surface area contributed by atoms with Gasteiger partial charge in [-0.1, -0.05) is 18.2 Å². The molecule has 4 heteroatoms. The van der Waals surface area contributed by atoms with Gasteiger partial charge in [0, 0.05) is 24.7 Å². The van der Waals surface area contributed by atoms with Crippen molar-refractivity contribution in [2.75, 3.05) is 27.2 Å². The van der Waals surface area contributed by atoms with Gasteiger partial charge < -0.3 is 15.3 Å². The molecular weight excluding hydrogens is 219 g/mol. The molecule has 0 aliphatic carbocycles. The summed E-state index contributed by atoms with van der Waals surface area (Å²) < 4.78 is 13.5. The maximum absolute atomic E-state index is 13.5. The van der Waals surface area contributed by atoms with E-state index in [0.717, 1.165) is 0 Å². The number of aliphatic hydroxyl groups excluding tert-OH is 1. The van der Waals surface area contributed by atoms with E-state index in [1.165, 1.54) is 6.07 Å². The maximum atomic E-state index is 13.5. The molecule has 96 valence electrons. The van der Waals surface area contributed by atoms with Gasteiger partial charge in [0.15, 0.2) is 0 Å². The lowest BCUT2D eigenvalue weighted by atomic mass is 10.1. The van der Waals surface area contributed by atoms with Crippen LogP contribution in [0.2, 0.25) is 0 Å². The Hall–Kier alpha value is -0.970. The minimum absolute atomic E-state index is 0.104. The number of hydrogen-bond acceptors (Lipinski definition) is 3. The lowest BCUT2D eigenvalue weighted by molar-refractivity contribution is 0.132. The van der Waals surface area contributed by atoms with Gasteiger partial charge in [0.25, 0.3) is 0 Å². The van der Waals surface area contributed by atoms with Crippen molar-refractivity contribution in [2.24, 2.45) is 0 Å². The molecule has 2 atom stereocenters. The van der Waals surface area contributed by atoms with Crippen LogP contribution < -0.4 is 5.32 Å². The molecule has 0 aliphatic heterocycles. The molecule has 0 aliphatic rings. The van der Waals surface area contributed by atoms with Gasteiger partial charge in [0.05, 0.1) is 6.10 Å². The summed E-state index contributed by atoms with van der Waals surface area (Å²) in [4.78, 5) is 1.92. The van der Waals surface area contributed by atoms with Crippen molar-refractivity contribution >= 4 is 0 Å². The van der Waals surface area contributed by atoms with E-state index in [1.54, 1.807) is 12.1 Å². The molecule has 1 rings (SSSR count). The van der Waals surface area contributed by atoms with Gasteiger partial charge in [-0.3, -0.25) is 0 Å². The molecule has 0 bridgehead atoms. The molecule has 3 nitrogen and oxygen atoms in total. The fourth-order valence-corrected chi connectivity index (χ4v) is 1.74. The van der Waals surface area contributed by atoms with Crippen LogP contribution in [0.4, 0.5) is 4.39 Å². The summed E-state index contributed by atoms with van der Waals surface area (Å²) in [7, 11) is 3.81. The van der Waals surface area contributed by atoms with E-state index in [-0.39, 0.29) is 11.9 Å². The molecule has 0 aromatic heterocycles. The number of nitrogens with zero attached hydrogens (tertiary/aromatic N) is 1. The van der Waals surface area contributed by atoms with Gasteiger partial charge in [0.1, 0.15) is 5.82 Å². The van der Waals surface area contributed by atoms with Crippen LogP contribution in [0.3, 0.4) is 0 Å². The monoisotopic (exact) mass is 240 g/mol. The zero-order valence-corrected chi connectivity index (χ0v) is 10.7. The standard InChI is InChI=1S/C13H21FN2O/c1-10(12-6-4-5-7-13(12)14)15-8-11(17)9-16(2)3/h4-7,10-11,15,17H,8-9H2,1-3H3. The largest absolute Gasteiger partial charge is 0.390 e. The van der Waals surface area contributed by atoms with Crippen LogP contribution in [-0.2, 0) is 0 Å². The van der Waals surface area contributed by atoms with Crippen LogP contribution in [0.15, 0.2) is 24.3 Å². The number of nitrogens with one attached hydrogen (secondary N) is 1. The van der Waals surface area contributed by atoms with E-state index >= 15 is 0 Å². The van der Waals surface area contributed by atoms with Crippen LogP contribution in [0.5, 0.6) is 0 Å². The van der Waals surface area contributed by atoms with Crippen LogP contribution in [0, 0.1) is 5.82 Å². The fraction of sp³-hybridized carbons (Fsp3) is 0.538. The number of halogens is 1. The predicted octanol–water partition coefficient (Wildman–Crippen LogP) is 1.40. The molecule has 0 fully saturated rings. The summed E-state index contributed by atoms with van der Waals surface area (Å²) in [5, 5.41) is 12.8. The van der Waals surface area contributed by atoms with Gasteiger partial charge in [-0.05, 0) is 27.1 Å². The van der Waals surface area contributed by atoms with Crippen LogP contribution >= 0.6 is 0 Å². The molecule has 0 spiro atoms. The smallest absolute Gasteiger partial charge is 0.127 e. The Balaban J connectivity index is 2.45. The van der Waals surface area contributed by atoms with Crippen molar-refractivity contribution in [3.63, 3.8) is 0 Å². The van der Waals surface area contributed by atoms with Gasteiger partial charge in [-0.2, -0.15) is 0 Å². The Morgan fingerprint density at radius 2 is 2.00 bits per heavy atom. The normalized spacial score (nSPS) is 14.9. The summed E-state index contributed by atoms with van der Waals surface area (Å²) in [5.74, 6) is -0.213. The number of likely N-dealkylation sites (N-methyl/N-ethyl adjacent to an activating group) is 1. The van der Waals surface area contributed by atoms with E-state index in [1.807, 2.05) is 32.0 Å². The Morgan fingerprint density at radius 3 is 2.59 bits per heavy atom. The van der Waals surface area contributed by atoms with E-state index in [0.29, 0.717) is 18.7 Å². The lowest BCUT2D eigenvalue weighted by Crippen LogP contribution is -2.36. The predicted molar refractivity (Wildman–Crippen MR) is 67.4 cm³/mol. The third kappa shape index (κ3) is 4.81.